The van der Waals surface area contributed by atoms with E-state index in [-0.39, 0.29) is 0 Å². The van der Waals surface area contributed by atoms with Crippen molar-refractivity contribution in [1.82, 2.24) is 4.57 Å². The van der Waals surface area contributed by atoms with Crippen LogP contribution in [0.5, 0.6) is 0 Å². The highest BCUT2D eigenvalue weighted by molar-refractivity contribution is 6.11. The molecule has 0 radical (unpaired) electrons. The molecule has 0 unspecified atom stereocenters. The largest absolute Gasteiger partial charge is 0.310 e. The molecule has 0 aliphatic heterocycles. The Balaban J connectivity index is 1.08. The molecule has 0 amide bonds. The van der Waals surface area contributed by atoms with Crippen molar-refractivity contribution < 1.29 is 0 Å². The van der Waals surface area contributed by atoms with Crippen molar-refractivity contribution >= 4 is 38.9 Å². The van der Waals surface area contributed by atoms with Crippen LogP contribution in [-0.2, 0) is 5.41 Å². The van der Waals surface area contributed by atoms with Crippen LogP contribution < -0.4 is 4.90 Å². The summed E-state index contributed by atoms with van der Waals surface area (Å²) < 4.78 is 2.42. The van der Waals surface area contributed by atoms with Gasteiger partial charge in [-0.3, -0.25) is 0 Å². The Hall–Kier alpha value is -8.98. The number of hydrogen-bond acceptors (Lipinski definition) is 1. The Labute approximate surface area is 403 Å². The van der Waals surface area contributed by atoms with Gasteiger partial charge in [-0.25, -0.2) is 0 Å². The number of hydrogen-bond donors (Lipinski definition) is 0. The lowest BCUT2D eigenvalue weighted by atomic mass is 9.68. The van der Waals surface area contributed by atoms with Crippen molar-refractivity contribution in [3.05, 3.63) is 301 Å². The Bertz CT molecular complexity index is 3790. The van der Waals surface area contributed by atoms with Crippen molar-refractivity contribution in [2.45, 2.75) is 5.41 Å². The van der Waals surface area contributed by atoms with Gasteiger partial charge in [0.25, 0.3) is 0 Å². The second-order valence-corrected chi connectivity index (χ2v) is 18.0. The summed E-state index contributed by atoms with van der Waals surface area (Å²) >= 11 is 0. The second-order valence-electron chi connectivity index (χ2n) is 18.0. The lowest BCUT2D eigenvalue weighted by Gasteiger charge is -2.34. The molecule has 324 valence electrons. The van der Waals surface area contributed by atoms with Gasteiger partial charge in [0.15, 0.2) is 0 Å². The van der Waals surface area contributed by atoms with Crippen molar-refractivity contribution in [3.63, 3.8) is 0 Å². The maximum absolute atomic E-state index is 2.50. The highest BCUT2D eigenvalue weighted by Crippen LogP contribution is 2.57. The molecule has 0 N–H and O–H groups in total. The van der Waals surface area contributed by atoms with Gasteiger partial charge in [-0.2, -0.15) is 0 Å². The summed E-state index contributed by atoms with van der Waals surface area (Å²) in [6.07, 6.45) is 0. The molecule has 12 aromatic rings. The predicted octanol–water partition coefficient (Wildman–Crippen LogP) is 17.6. The van der Waals surface area contributed by atoms with Crippen LogP contribution in [0.3, 0.4) is 0 Å². The van der Waals surface area contributed by atoms with Gasteiger partial charge in [0.2, 0.25) is 0 Å². The Morgan fingerprint density at radius 3 is 1.45 bits per heavy atom. The summed E-state index contributed by atoms with van der Waals surface area (Å²) in [5, 5.41) is 2.45. The molecule has 0 fully saturated rings. The normalized spacial score (nSPS) is 12.5. The zero-order chi connectivity index (χ0) is 45.7. The molecule has 0 saturated heterocycles. The van der Waals surface area contributed by atoms with Crippen LogP contribution >= 0.6 is 0 Å². The molecule has 1 aromatic heterocycles. The number of anilines is 3. The molecule has 1 aliphatic rings. The van der Waals surface area contributed by atoms with E-state index < -0.39 is 5.41 Å². The monoisotopic (exact) mass is 878 g/mol. The predicted molar refractivity (Wildman–Crippen MR) is 289 cm³/mol. The molecule has 0 saturated carbocycles. The molecule has 2 nitrogen and oxygen atoms in total. The minimum absolute atomic E-state index is 0.504. The zero-order valence-electron chi connectivity index (χ0n) is 38.0. The molecule has 13 rings (SSSR count). The van der Waals surface area contributed by atoms with Crippen LogP contribution in [0.2, 0.25) is 0 Å². The third-order valence-electron chi connectivity index (χ3n) is 14.3. The van der Waals surface area contributed by atoms with E-state index in [0.717, 1.165) is 33.8 Å². The molecule has 69 heavy (non-hydrogen) atoms. The molecular formula is C67H46N2. The van der Waals surface area contributed by atoms with Gasteiger partial charge in [0, 0.05) is 33.4 Å². The lowest BCUT2D eigenvalue weighted by molar-refractivity contribution is 0.768. The SMILES string of the molecule is c1ccc(-c2ccccc2-c2ccccc2-c2ccccc2N(c2ccc3c(c2)-c2ccccc2C3(c2ccccc2)c2ccccc2)c2ccc3c4ccccc4n(-c4ccccc4)c3c2)cc1. The second kappa shape index (κ2) is 16.7. The van der Waals surface area contributed by atoms with E-state index >= 15 is 0 Å². The van der Waals surface area contributed by atoms with E-state index in [1.165, 1.54) is 77.5 Å². The summed E-state index contributed by atoms with van der Waals surface area (Å²) in [6, 6.07) is 102. The van der Waals surface area contributed by atoms with Crippen molar-refractivity contribution in [3.8, 4) is 50.2 Å². The number of nitrogens with zero attached hydrogens (tertiary/aromatic N) is 2. The van der Waals surface area contributed by atoms with Gasteiger partial charge in [-0.15, -0.1) is 0 Å². The van der Waals surface area contributed by atoms with E-state index in [1.54, 1.807) is 0 Å². The molecule has 0 bridgehead atoms. The van der Waals surface area contributed by atoms with Crippen LogP contribution in [0.25, 0.3) is 72.0 Å². The lowest BCUT2D eigenvalue weighted by Crippen LogP contribution is -2.28. The van der Waals surface area contributed by atoms with Gasteiger partial charge in [0.05, 0.1) is 22.1 Å². The van der Waals surface area contributed by atoms with Crippen molar-refractivity contribution in [2.75, 3.05) is 4.90 Å². The minimum Gasteiger partial charge on any atom is -0.310 e. The summed E-state index contributed by atoms with van der Waals surface area (Å²) in [5.74, 6) is 0. The first-order valence-corrected chi connectivity index (χ1v) is 23.8. The van der Waals surface area contributed by atoms with Crippen molar-refractivity contribution in [2.24, 2.45) is 0 Å². The van der Waals surface area contributed by atoms with Gasteiger partial charge < -0.3 is 9.47 Å². The van der Waals surface area contributed by atoms with Gasteiger partial charge >= 0.3 is 0 Å². The summed E-state index contributed by atoms with van der Waals surface area (Å²) in [4.78, 5) is 2.50. The number of aromatic nitrogens is 1. The van der Waals surface area contributed by atoms with E-state index in [4.69, 9.17) is 0 Å². The maximum atomic E-state index is 2.50. The number of para-hydroxylation sites is 3. The number of rotatable bonds is 9. The molecule has 2 heteroatoms. The summed E-state index contributed by atoms with van der Waals surface area (Å²) in [6.45, 7) is 0. The topological polar surface area (TPSA) is 8.17 Å². The maximum Gasteiger partial charge on any atom is 0.0713 e. The first-order chi connectivity index (χ1) is 34.3. The molecule has 11 aromatic carbocycles. The van der Waals surface area contributed by atoms with Crippen LogP contribution in [0.4, 0.5) is 17.1 Å². The molecule has 0 spiro atoms. The van der Waals surface area contributed by atoms with Crippen molar-refractivity contribution in [1.29, 1.82) is 0 Å². The third-order valence-corrected chi connectivity index (χ3v) is 14.3. The fraction of sp³-hybridized carbons (Fsp3) is 0.0149. The van der Waals surface area contributed by atoms with Gasteiger partial charge in [-0.1, -0.05) is 231 Å². The van der Waals surface area contributed by atoms with E-state index in [0.29, 0.717) is 0 Å². The Morgan fingerprint density at radius 2 is 0.754 bits per heavy atom. The smallest absolute Gasteiger partial charge is 0.0713 e. The molecule has 1 aliphatic carbocycles. The Kier molecular flexibility index (Phi) is 9.77. The van der Waals surface area contributed by atoms with Crippen LogP contribution in [0.15, 0.2) is 279 Å². The van der Waals surface area contributed by atoms with E-state index in [1.807, 2.05) is 0 Å². The van der Waals surface area contributed by atoms with Crippen LogP contribution in [0, 0.1) is 0 Å². The summed E-state index contributed by atoms with van der Waals surface area (Å²) in [5.41, 5.74) is 20.8. The Morgan fingerprint density at radius 1 is 0.290 bits per heavy atom. The number of benzene rings is 11. The zero-order valence-corrected chi connectivity index (χ0v) is 38.0. The van der Waals surface area contributed by atoms with Gasteiger partial charge in [0.1, 0.15) is 0 Å². The standard InChI is InChI=1S/C67H46N2/c1-5-23-47(24-6-1)53-31-13-14-32-54(53)55-33-15-16-34-56(55)58-36-18-21-39-64(58)68(52-41-43-60-59-37-19-22-40-65(59)69(66(60)46-52)50-29-11-4-12-30-50)51-42-44-63-61(45-51)57-35-17-20-38-62(57)67(63,48-25-7-2-8-26-48)49-27-9-3-10-28-49/h1-46H. The first-order valence-electron chi connectivity index (χ1n) is 23.8. The number of fused-ring (bicyclic) bond motifs is 6. The van der Waals surface area contributed by atoms with Gasteiger partial charge in [-0.05, 0) is 110 Å². The fourth-order valence-corrected chi connectivity index (χ4v) is 11.4. The minimum atomic E-state index is -0.504. The average molecular weight is 879 g/mol. The molecular weight excluding hydrogens is 833 g/mol. The third kappa shape index (κ3) is 6.48. The molecule has 0 atom stereocenters. The summed E-state index contributed by atoms with van der Waals surface area (Å²) in [7, 11) is 0. The molecule has 1 heterocycles. The quantitative estimate of drug-likeness (QED) is 0.140. The highest BCUT2D eigenvalue weighted by atomic mass is 15.1. The van der Waals surface area contributed by atoms with E-state index in [2.05, 4.69) is 289 Å². The first kappa shape index (κ1) is 40.3. The highest BCUT2D eigenvalue weighted by Gasteiger charge is 2.46. The van der Waals surface area contributed by atoms with E-state index in [9.17, 15) is 0 Å². The van der Waals surface area contributed by atoms with Crippen LogP contribution in [0.1, 0.15) is 22.3 Å². The van der Waals surface area contributed by atoms with Crippen LogP contribution in [-0.4, -0.2) is 4.57 Å². The average Bonchev–Trinajstić information content (AvgIpc) is 3.92. The fourth-order valence-electron chi connectivity index (χ4n) is 11.4.